The highest BCUT2D eigenvalue weighted by molar-refractivity contribution is 5.25. The van der Waals surface area contributed by atoms with E-state index in [1.807, 2.05) is 20.8 Å². The third-order valence-electron chi connectivity index (χ3n) is 4.95. The van der Waals surface area contributed by atoms with Gasteiger partial charge in [0.2, 0.25) is 5.89 Å². The number of piperazine rings is 1. The lowest BCUT2D eigenvalue weighted by molar-refractivity contribution is -0.137. The summed E-state index contributed by atoms with van der Waals surface area (Å²) in [5.41, 5.74) is 0.0920. The quantitative estimate of drug-likeness (QED) is 0.779. The highest BCUT2D eigenvalue weighted by atomic mass is 19.4. The Morgan fingerprint density at radius 1 is 1.11 bits per heavy atom. The van der Waals surface area contributed by atoms with Gasteiger partial charge in [-0.25, -0.2) is 0 Å². The normalized spacial score (nSPS) is 18.2. The van der Waals surface area contributed by atoms with Crippen molar-refractivity contribution in [2.45, 2.75) is 45.5 Å². The van der Waals surface area contributed by atoms with Gasteiger partial charge in [0.05, 0.1) is 11.6 Å². The van der Waals surface area contributed by atoms with Crippen LogP contribution >= 0.6 is 0 Å². The first kappa shape index (κ1) is 19.8. The summed E-state index contributed by atoms with van der Waals surface area (Å²) in [5.74, 6) is 1.55. The van der Waals surface area contributed by atoms with Crippen molar-refractivity contribution < 1.29 is 17.7 Å². The Morgan fingerprint density at radius 3 is 2.41 bits per heavy atom. The topological polar surface area (TPSA) is 45.4 Å². The van der Waals surface area contributed by atoms with Crippen molar-refractivity contribution in [3.05, 3.63) is 47.1 Å². The number of hydrogen-bond donors (Lipinski definition) is 0. The monoisotopic (exact) mass is 382 g/mol. The van der Waals surface area contributed by atoms with Gasteiger partial charge >= 0.3 is 6.18 Å². The summed E-state index contributed by atoms with van der Waals surface area (Å²) in [6, 6.07) is 5.59. The average Bonchev–Trinajstić information content (AvgIpc) is 3.12. The predicted molar refractivity (Wildman–Crippen MR) is 95.1 cm³/mol. The molecule has 1 aromatic heterocycles. The summed E-state index contributed by atoms with van der Waals surface area (Å²) in [4.78, 5) is 8.90. The van der Waals surface area contributed by atoms with E-state index in [9.17, 15) is 13.2 Å². The second kappa shape index (κ2) is 7.98. The van der Waals surface area contributed by atoms with Crippen LogP contribution < -0.4 is 0 Å². The number of rotatable bonds is 5. The minimum absolute atomic E-state index is 0.0284. The van der Waals surface area contributed by atoms with E-state index >= 15 is 0 Å². The van der Waals surface area contributed by atoms with Crippen molar-refractivity contribution in [2.75, 3.05) is 26.2 Å². The molecule has 1 fully saturated rings. The molecule has 0 amide bonds. The maximum atomic E-state index is 12.9. The van der Waals surface area contributed by atoms with Crippen LogP contribution in [0.15, 0.2) is 28.8 Å². The molecule has 0 saturated carbocycles. The lowest BCUT2D eigenvalue weighted by Crippen LogP contribution is -2.46. The van der Waals surface area contributed by atoms with Gasteiger partial charge in [-0.05, 0) is 18.6 Å². The molecular weight excluding hydrogens is 357 g/mol. The molecule has 2 aromatic rings. The van der Waals surface area contributed by atoms with Crippen molar-refractivity contribution in [3.63, 3.8) is 0 Å². The lowest BCUT2D eigenvalue weighted by atomic mass is 10.1. The van der Waals surface area contributed by atoms with Crippen LogP contribution in [-0.4, -0.2) is 46.1 Å². The maximum absolute atomic E-state index is 12.9. The molecule has 0 radical (unpaired) electrons. The van der Waals surface area contributed by atoms with Crippen molar-refractivity contribution in [3.8, 4) is 0 Å². The fourth-order valence-corrected chi connectivity index (χ4v) is 3.22. The molecule has 8 heteroatoms. The summed E-state index contributed by atoms with van der Waals surface area (Å²) >= 11 is 0. The molecule has 2 heterocycles. The molecule has 3 rings (SSSR count). The molecule has 0 spiro atoms. The van der Waals surface area contributed by atoms with Gasteiger partial charge in [-0.1, -0.05) is 37.2 Å². The van der Waals surface area contributed by atoms with Crippen LogP contribution in [0.2, 0.25) is 0 Å². The highest BCUT2D eigenvalue weighted by Crippen LogP contribution is 2.30. The molecule has 1 aliphatic rings. The molecule has 148 valence electrons. The van der Waals surface area contributed by atoms with E-state index in [-0.39, 0.29) is 12.0 Å². The Labute approximate surface area is 157 Å². The van der Waals surface area contributed by atoms with E-state index in [0.29, 0.717) is 23.8 Å². The third kappa shape index (κ3) is 4.87. The number of alkyl halides is 3. The molecule has 27 heavy (non-hydrogen) atoms. The van der Waals surface area contributed by atoms with Crippen LogP contribution in [0.1, 0.15) is 55.6 Å². The first-order valence-corrected chi connectivity index (χ1v) is 9.20. The summed E-state index contributed by atoms with van der Waals surface area (Å²) in [5, 5.41) is 4.02. The summed E-state index contributed by atoms with van der Waals surface area (Å²) < 4.78 is 44.0. The fourth-order valence-electron chi connectivity index (χ4n) is 3.22. The first-order valence-electron chi connectivity index (χ1n) is 9.20. The van der Waals surface area contributed by atoms with Crippen LogP contribution in [0, 0.1) is 0 Å². The van der Waals surface area contributed by atoms with E-state index < -0.39 is 11.7 Å². The highest BCUT2D eigenvalue weighted by Gasteiger charge is 2.31. The number of hydrogen-bond acceptors (Lipinski definition) is 5. The largest absolute Gasteiger partial charge is 0.416 e. The summed E-state index contributed by atoms with van der Waals surface area (Å²) in [6.45, 7) is 9.78. The van der Waals surface area contributed by atoms with Crippen LogP contribution in [0.25, 0.3) is 0 Å². The Kier molecular flexibility index (Phi) is 5.86. The molecule has 0 bridgehead atoms. The molecule has 0 aliphatic carbocycles. The number of benzene rings is 1. The Balaban J connectivity index is 1.56. The predicted octanol–water partition coefficient (Wildman–Crippen LogP) is 4.09. The Morgan fingerprint density at radius 2 is 1.81 bits per heavy atom. The van der Waals surface area contributed by atoms with Gasteiger partial charge in [-0.3, -0.25) is 9.80 Å². The summed E-state index contributed by atoms with van der Waals surface area (Å²) in [6.07, 6.45) is -4.30. The smallest absolute Gasteiger partial charge is 0.338 e. The van der Waals surface area contributed by atoms with Crippen LogP contribution in [0.4, 0.5) is 13.2 Å². The van der Waals surface area contributed by atoms with E-state index in [0.717, 1.165) is 32.2 Å². The second-order valence-corrected chi connectivity index (χ2v) is 7.33. The van der Waals surface area contributed by atoms with Crippen LogP contribution in [0.5, 0.6) is 0 Å². The average molecular weight is 382 g/mol. The second-order valence-electron chi connectivity index (χ2n) is 7.33. The van der Waals surface area contributed by atoms with Crippen molar-refractivity contribution in [1.82, 2.24) is 19.9 Å². The van der Waals surface area contributed by atoms with Crippen LogP contribution in [-0.2, 0) is 12.7 Å². The third-order valence-corrected chi connectivity index (χ3v) is 4.95. The maximum Gasteiger partial charge on any atom is 0.416 e. The van der Waals surface area contributed by atoms with E-state index in [1.54, 1.807) is 6.07 Å². The fraction of sp³-hybridized carbons (Fsp3) is 0.579. The minimum Gasteiger partial charge on any atom is -0.338 e. The molecule has 5 nitrogen and oxygen atoms in total. The Bertz CT molecular complexity index is 751. The molecule has 1 unspecified atom stereocenters. The van der Waals surface area contributed by atoms with E-state index in [2.05, 4.69) is 19.9 Å². The van der Waals surface area contributed by atoms with Gasteiger partial charge < -0.3 is 4.52 Å². The number of halogens is 3. The van der Waals surface area contributed by atoms with Gasteiger partial charge in [0.15, 0.2) is 5.82 Å². The van der Waals surface area contributed by atoms with Gasteiger partial charge in [-0.15, -0.1) is 0 Å². The molecule has 1 aliphatic heterocycles. The zero-order chi connectivity index (χ0) is 19.6. The first-order chi connectivity index (χ1) is 12.7. The summed E-state index contributed by atoms with van der Waals surface area (Å²) in [7, 11) is 0. The zero-order valence-corrected chi connectivity index (χ0v) is 15.8. The number of nitrogens with zero attached hydrogens (tertiary/aromatic N) is 4. The molecule has 1 aromatic carbocycles. The number of aromatic nitrogens is 2. The molecule has 0 N–H and O–H groups in total. The zero-order valence-electron chi connectivity index (χ0n) is 15.8. The molecule has 1 atom stereocenters. The Hall–Kier alpha value is -1.93. The van der Waals surface area contributed by atoms with E-state index in [1.165, 1.54) is 12.1 Å². The van der Waals surface area contributed by atoms with Crippen molar-refractivity contribution in [2.24, 2.45) is 0 Å². The van der Waals surface area contributed by atoms with Gasteiger partial charge in [-0.2, -0.15) is 18.2 Å². The van der Waals surface area contributed by atoms with Crippen molar-refractivity contribution in [1.29, 1.82) is 0 Å². The molecular formula is C19H25F3N4O. The van der Waals surface area contributed by atoms with Gasteiger partial charge in [0.1, 0.15) is 0 Å². The SMILES string of the molecule is CC(C)c1noc(C(C)N2CCN(Cc3cccc(C(F)(F)F)c3)CC2)n1. The molecule has 1 saturated heterocycles. The lowest BCUT2D eigenvalue weighted by Gasteiger charge is -2.36. The van der Waals surface area contributed by atoms with Gasteiger partial charge in [0, 0.05) is 38.6 Å². The standard InChI is InChI=1S/C19H25F3N4O/c1-13(2)17-23-18(27-24-17)14(3)26-9-7-25(8-10-26)12-15-5-4-6-16(11-15)19(20,21)22/h4-6,11,13-14H,7-10,12H2,1-3H3. The van der Waals surface area contributed by atoms with Gasteiger partial charge in [0.25, 0.3) is 0 Å². The van der Waals surface area contributed by atoms with Crippen molar-refractivity contribution >= 4 is 0 Å². The van der Waals surface area contributed by atoms with E-state index in [4.69, 9.17) is 4.52 Å². The van der Waals surface area contributed by atoms with Crippen LogP contribution in [0.3, 0.4) is 0 Å². The minimum atomic E-state index is -4.30.